The van der Waals surface area contributed by atoms with Gasteiger partial charge in [0.25, 0.3) is 0 Å². The first-order valence-corrected chi connectivity index (χ1v) is 49.9. The van der Waals surface area contributed by atoms with Crippen LogP contribution in [0.3, 0.4) is 0 Å². The number of hydrogen-bond acceptors (Lipinski definition) is 19. The maximum atomic E-state index is 13.5. The third-order valence-corrected chi connectivity index (χ3v) is 23.6. The normalized spacial score (nSPS) is 12.8. The van der Waals surface area contributed by atoms with Gasteiger partial charge in [-0.15, -0.1) is 0 Å². The van der Waals surface area contributed by atoms with E-state index >= 15 is 0 Å². The molecule has 0 aromatic rings. The number of carbonyl (C=O) groups excluding carboxylic acids is 8. The molecule has 120 heavy (non-hydrogen) atoms. The van der Waals surface area contributed by atoms with Gasteiger partial charge in [-0.3, -0.25) is 48.2 Å². The molecule has 0 radical (unpaired) electrons. The van der Waals surface area contributed by atoms with Gasteiger partial charge in [0.15, 0.2) is 0 Å². The summed E-state index contributed by atoms with van der Waals surface area (Å²) in [6.07, 6.45) is 48.5. The molecule has 0 aromatic carbocycles. The zero-order valence-corrected chi connectivity index (χ0v) is 78.6. The highest BCUT2D eigenvalue weighted by Crippen LogP contribution is 2.25. The van der Waals surface area contributed by atoms with E-state index in [4.69, 9.17) is 18.9 Å². The molecule has 0 aliphatic rings. The molecule has 23 nitrogen and oxygen atoms in total. The Hall–Kier alpha value is -4.52. The molecule has 0 fully saturated rings. The van der Waals surface area contributed by atoms with Crippen LogP contribution in [-0.2, 0) is 57.3 Å². The lowest BCUT2D eigenvalue weighted by Gasteiger charge is -2.31. The lowest BCUT2D eigenvalue weighted by atomic mass is 9.94. The number of carbonyl (C=O) groups is 8. The number of aliphatic hydroxyl groups excluding tert-OH is 4. The SMILES string of the molecule is CCCCCCC(CCCCCC)C(=O)OCCCCCCNC(=O)C(O)CN(CCN(C)CCN(CC(O)C(=O)NCCCCCCOC(=O)C(CCCCCC)CCCCCC)CC(O)C(=O)NCCCCCCOC(=O)C(CCCCCC)CCCCCC)CC(O)C(=O)NCCCCCCOC(=O)C(CCCCCC)CCCCCC. The molecule has 8 N–H and O–H groups in total. The number of ether oxygens (including phenoxy) is 4. The van der Waals surface area contributed by atoms with Crippen molar-refractivity contribution >= 4 is 47.5 Å². The van der Waals surface area contributed by atoms with Crippen LogP contribution in [0.1, 0.15) is 415 Å². The number of aliphatic hydroxyl groups is 4. The summed E-state index contributed by atoms with van der Waals surface area (Å²) >= 11 is 0. The van der Waals surface area contributed by atoms with Crippen LogP contribution in [0.4, 0.5) is 0 Å². The first-order valence-electron chi connectivity index (χ1n) is 49.9. The van der Waals surface area contributed by atoms with Crippen LogP contribution in [0.25, 0.3) is 0 Å². The minimum absolute atomic E-state index is 0.0575. The molecule has 4 amide bonds. The lowest BCUT2D eigenvalue weighted by Crippen LogP contribution is -2.51. The Labute approximate surface area is 732 Å². The number of amides is 4. The summed E-state index contributed by atoms with van der Waals surface area (Å²) in [6.45, 7) is 20.4. The zero-order chi connectivity index (χ0) is 88.5. The van der Waals surface area contributed by atoms with Crippen molar-refractivity contribution in [3.8, 4) is 0 Å². The maximum absolute atomic E-state index is 13.5. The highest BCUT2D eigenvalue weighted by Gasteiger charge is 2.29. The smallest absolute Gasteiger partial charge is 0.308 e. The van der Waals surface area contributed by atoms with Crippen molar-refractivity contribution in [2.45, 2.75) is 439 Å². The van der Waals surface area contributed by atoms with E-state index in [-0.39, 0.29) is 86.8 Å². The third-order valence-electron chi connectivity index (χ3n) is 23.6. The first kappa shape index (κ1) is 115. The van der Waals surface area contributed by atoms with Gasteiger partial charge < -0.3 is 65.5 Å². The van der Waals surface area contributed by atoms with E-state index in [0.29, 0.717) is 117 Å². The second-order valence-corrected chi connectivity index (χ2v) is 35.0. The average Bonchev–Trinajstić information content (AvgIpc) is 0.958. The topological polar surface area (TPSA) is 312 Å². The maximum Gasteiger partial charge on any atom is 0.308 e. The van der Waals surface area contributed by atoms with E-state index in [0.717, 1.165) is 257 Å². The van der Waals surface area contributed by atoms with Crippen LogP contribution < -0.4 is 21.3 Å². The number of likely N-dealkylation sites (N-methyl/N-ethyl adjacent to an activating group) is 1. The average molecular weight is 1710 g/mol. The standard InChI is InChI=1S/C97H187N7O16/c1-10-18-26-42-58-82(59-43-27-19-11-2)94(113)117-74-54-38-34-50-66-98-90(109)86(105)78-103(79-87(106)91(110)99-67-51-35-39-55-75-118-95(114)83(60-44-28-20-12-3)61-45-29-21-13-4)72-70-102(9)71-73-104(80-88(107)92(111)100-68-52-36-40-56-76-119-96(115)84(62-46-30-22-14-5)63-47-31-23-15-6)81-89(108)93(112)101-69-53-37-41-57-77-120-97(116)85(64-48-32-24-16-7)65-49-33-25-17-8/h82-89,105-108H,10-81H2,1-9H3,(H,98,109)(H,99,110)(H,100,111)(H,101,112). The Balaban J connectivity index is 6.22. The summed E-state index contributed by atoms with van der Waals surface area (Å²) in [5.74, 6) is -2.97. The van der Waals surface area contributed by atoms with Gasteiger partial charge in [-0.1, -0.05) is 287 Å². The van der Waals surface area contributed by atoms with Gasteiger partial charge in [-0.25, -0.2) is 0 Å². The van der Waals surface area contributed by atoms with E-state index in [1.165, 1.54) is 51.4 Å². The minimum atomic E-state index is -1.51. The Morgan fingerprint density at radius 1 is 0.233 bits per heavy atom. The molecule has 0 rings (SSSR count). The van der Waals surface area contributed by atoms with Gasteiger partial charge >= 0.3 is 23.9 Å². The van der Waals surface area contributed by atoms with E-state index in [2.05, 4.69) is 76.7 Å². The number of rotatable bonds is 90. The van der Waals surface area contributed by atoms with Gasteiger partial charge in [0, 0.05) is 78.5 Å². The molecule has 23 heteroatoms. The zero-order valence-electron chi connectivity index (χ0n) is 78.6. The molecule has 0 heterocycles. The predicted octanol–water partition coefficient (Wildman–Crippen LogP) is 18.1. The van der Waals surface area contributed by atoms with Gasteiger partial charge in [0.1, 0.15) is 24.4 Å². The minimum Gasteiger partial charge on any atom is -0.465 e. The van der Waals surface area contributed by atoms with Gasteiger partial charge in [0.05, 0.1) is 50.1 Å². The molecular formula is C97H187N7O16. The van der Waals surface area contributed by atoms with Crippen LogP contribution in [0.5, 0.6) is 0 Å². The fourth-order valence-corrected chi connectivity index (χ4v) is 15.4. The van der Waals surface area contributed by atoms with Crippen molar-refractivity contribution in [3.05, 3.63) is 0 Å². The highest BCUT2D eigenvalue weighted by molar-refractivity contribution is 5.82. The van der Waals surface area contributed by atoms with Crippen LogP contribution in [0.15, 0.2) is 0 Å². The van der Waals surface area contributed by atoms with Crippen molar-refractivity contribution in [1.82, 2.24) is 36.0 Å². The van der Waals surface area contributed by atoms with E-state index in [1.54, 1.807) is 9.80 Å². The first-order chi connectivity index (χ1) is 58.3. The van der Waals surface area contributed by atoms with E-state index in [1.807, 2.05) is 11.9 Å². The highest BCUT2D eigenvalue weighted by atomic mass is 16.5. The van der Waals surface area contributed by atoms with Crippen LogP contribution in [0.2, 0.25) is 0 Å². The summed E-state index contributed by atoms with van der Waals surface area (Å²) in [4.78, 5) is 112. The Bertz CT molecular complexity index is 2070. The largest absolute Gasteiger partial charge is 0.465 e. The number of nitrogens with one attached hydrogen (secondary N) is 4. The van der Waals surface area contributed by atoms with E-state index < -0.39 is 48.0 Å². The van der Waals surface area contributed by atoms with Crippen LogP contribution in [-0.4, -0.2) is 219 Å². The molecule has 0 aliphatic carbocycles. The predicted molar refractivity (Wildman–Crippen MR) is 488 cm³/mol. The molecule has 0 aliphatic heterocycles. The number of nitrogens with zero attached hydrogens (tertiary/aromatic N) is 3. The Morgan fingerprint density at radius 3 is 0.575 bits per heavy atom. The molecule has 0 aromatic heterocycles. The monoisotopic (exact) mass is 1710 g/mol. The van der Waals surface area contributed by atoms with E-state index in [9.17, 15) is 58.8 Å². The Kier molecular flexibility index (Phi) is 80.8. The number of hydrogen-bond donors (Lipinski definition) is 8. The molecule has 4 unspecified atom stereocenters. The number of esters is 4. The second-order valence-electron chi connectivity index (χ2n) is 35.0. The quantitative estimate of drug-likeness (QED) is 0.0159. The van der Waals surface area contributed by atoms with Crippen molar-refractivity contribution in [1.29, 1.82) is 0 Å². The van der Waals surface area contributed by atoms with Gasteiger partial charge in [-0.2, -0.15) is 0 Å². The molecule has 0 bridgehead atoms. The van der Waals surface area contributed by atoms with Crippen molar-refractivity contribution in [2.75, 3.05) is 112 Å². The Morgan fingerprint density at radius 2 is 0.400 bits per heavy atom. The molecule has 0 saturated carbocycles. The van der Waals surface area contributed by atoms with Gasteiger partial charge in [0.2, 0.25) is 23.6 Å². The second kappa shape index (κ2) is 84.0. The van der Waals surface area contributed by atoms with Gasteiger partial charge in [-0.05, 0) is 135 Å². The third kappa shape index (κ3) is 67.8. The summed E-state index contributed by atoms with van der Waals surface area (Å²) in [7, 11) is 1.84. The summed E-state index contributed by atoms with van der Waals surface area (Å²) in [5.41, 5.74) is 0. The molecule has 0 spiro atoms. The fourth-order valence-electron chi connectivity index (χ4n) is 15.4. The summed E-state index contributed by atoms with van der Waals surface area (Å²) in [6, 6.07) is 0. The van der Waals surface area contributed by atoms with Crippen molar-refractivity contribution in [2.24, 2.45) is 23.7 Å². The van der Waals surface area contributed by atoms with Crippen LogP contribution >= 0.6 is 0 Å². The summed E-state index contributed by atoms with van der Waals surface area (Å²) < 4.78 is 23.1. The summed E-state index contributed by atoms with van der Waals surface area (Å²) in [5, 5.41) is 57.1. The molecular weight excluding hydrogens is 1520 g/mol. The van der Waals surface area contributed by atoms with Crippen LogP contribution in [0, 0.1) is 23.7 Å². The fraction of sp³-hybridized carbons (Fsp3) is 0.918. The van der Waals surface area contributed by atoms with Crippen molar-refractivity contribution < 1.29 is 77.7 Å². The molecule has 4 atom stereocenters. The lowest BCUT2D eigenvalue weighted by molar-refractivity contribution is -0.150. The molecule has 0 saturated heterocycles. The van der Waals surface area contributed by atoms with Crippen molar-refractivity contribution in [3.63, 3.8) is 0 Å². The molecule has 706 valence electrons. The number of unbranched alkanes of at least 4 members (excludes halogenated alkanes) is 36.